The lowest BCUT2D eigenvalue weighted by molar-refractivity contribution is 0.804. The van der Waals surface area contributed by atoms with E-state index in [1.807, 2.05) is 42.9 Å². The molecule has 3 nitrogen and oxygen atoms in total. The molecule has 16 heavy (non-hydrogen) atoms. The van der Waals surface area contributed by atoms with Crippen LogP contribution in [0.2, 0.25) is 5.02 Å². The number of rotatable bonds is 3. The van der Waals surface area contributed by atoms with E-state index in [1.165, 1.54) is 0 Å². The Morgan fingerprint density at radius 1 is 1.44 bits per heavy atom. The number of aromatic nitrogens is 2. The molecule has 0 spiro atoms. The smallest absolute Gasteiger partial charge is 0.110 e. The standard InChI is InChI=1S/C12H14ClN3/c1-9-15-6-7-16(9)12-5-3-4-11(13)10(12)8-14-2/h3-7,14H,8H2,1-2H3. The normalized spacial score (nSPS) is 10.7. The molecule has 0 aliphatic carbocycles. The van der Waals surface area contributed by atoms with Crippen LogP contribution in [0, 0.1) is 6.92 Å². The van der Waals surface area contributed by atoms with E-state index in [0.29, 0.717) is 0 Å². The molecule has 0 unspecified atom stereocenters. The largest absolute Gasteiger partial charge is 0.316 e. The SMILES string of the molecule is CNCc1c(Cl)cccc1-n1ccnc1C. The third-order valence-corrected chi connectivity index (χ3v) is 2.89. The van der Waals surface area contributed by atoms with Crippen molar-refractivity contribution in [2.45, 2.75) is 13.5 Å². The van der Waals surface area contributed by atoms with Crippen molar-refractivity contribution in [3.05, 3.63) is 47.0 Å². The van der Waals surface area contributed by atoms with Gasteiger partial charge in [-0.1, -0.05) is 17.7 Å². The van der Waals surface area contributed by atoms with Crippen molar-refractivity contribution in [1.82, 2.24) is 14.9 Å². The van der Waals surface area contributed by atoms with Gasteiger partial charge in [0.15, 0.2) is 0 Å². The van der Waals surface area contributed by atoms with Crippen molar-refractivity contribution >= 4 is 11.6 Å². The molecule has 0 saturated carbocycles. The van der Waals surface area contributed by atoms with Crippen LogP contribution in [0.1, 0.15) is 11.4 Å². The van der Waals surface area contributed by atoms with Gasteiger partial charge in [0.1, 0.15) is 5.82 Å². The Labute approximate surface area is 100 Å². The van der Waals surface area contributed by atoms with Crippen molar-refractivity contribution in [3.8, 4) is 5.69 Å². The molecule has 0 amide bonds. The van der Waals surface area contributed by atoms with Crippen LogP contribution in [-0.2, 0) is 6.54 Å². The molecule has 1 N–H and O–H groups in total. The van der Waals surface area contributed by atoms with E-state index in [2.05, 4.69) is 10.3 Å². The maximum Gasteiger partial charge on any atom is 0.110 e. The molecule has 2 aromatic rings. The van der Waals surface area contributed by atoms with Gasteiger partial charge in [0.25, 0.3) is 0 Å². The molecule has 0 saturated heterocycles. The zero-order valence-corrected chi connectivity index (χ0v) is 10.1. The number of hydrogen-bond acceptors (Lipinski definition) is 2. The summed E-state index contributed by atoms with van der Waals surface area (Å²) in [5, 5.41) is 3.91. The van der Waals surface area contributed by atoms with E-state index >= 15 is 0 Å². The fourth-order valence-corrected chi connectivity index (χ4v) is 1.99. The summed E-state index contributed by atoms with van der Waals surface area (Å²) in [6, 6.07) is 5.91. The zero-order valence-electron chi connectivity index (χ0n) is 9.37. The average molecular weight is 236 g/mol. The molecule has 0 bridgehead atoms. The minimum atomic E-state index is 0.743. The highest BCUT2D eigenvalue weighted by atomic mass is 35.5. The number of nitrogens with one attached hydrogen (secondary N) is 1. The lowest BCUT2D eigenvalue weighted by Crippen LogP contribution is -2.10. The zero-order chi connectivity index (χ0) is 11.5. The quantitative estimate of drug-likeness (QED) is 0.886. The van der Waals surface area contributed by atoms with E-state index in [0.717, 1.165) is 28.6 Å². The predicted molar refractivity (Wildman–Crippen MR) is 66.1 cm³/mol. The monoisotopic (exact) mass is 235 g/mol. The van der Waals surface area contributed by atoms with Crippen LogP contribution in [0.25, 0.3) is 5.69 Å². The Morgan fingerprint density at radius 3 is 2.88 bits per heavy atom. The van der Waals surface area contributed by atoms with Gasteiger partial charge in [0.05, 0.1) is 5.69 Å². The van der Waals surface area contributed by atoms with Crippen molar-refractivity contribution in [2.75, 3.05) is 7.05 Å². The first-order chi connectivity index (χ1) is 7.74. The minimum Gasteiger partial charge on any atom is -0.316 e. The van der Waals surface area contributed by atoms with Gasteiger partial charge in [0.2, 0.25) is 0 Å². The van der Waals surface area contributed by atoms with Crippen LogP contribution >= 0.6 is 11.6 Å². The summed E-state index contributed by atoms with van der Waals surface area (Å²) in [6.07, 6.45) is 3.74. The van der Waals surface area contributed by atoms with Gasteiger partial charge in [-0.25, -0.2) is 4.98 Å². The summed E-state index contributed by atoms with van der Waals surface area (Å²) in [5.41, 5.74) is 2.17. The van der Waals surface area contributed by atoms with E-state index in [9.17, 15) is 0 Å². The number of nitrogens with zero attached hydrogens (tertiary/aromatic N) is 2. The predicted octanol–water partition coefficient (Wildman–Crippen LogP) is 2.55. The third kappa shape index (κ3) is 1.96. The van der Waals surface area contributed by atoms with Crippen molar-refractivity contribution < 1.29 is 0 Å². The van der Waals surface area contributed by atoms with Crippen LogP contribution < -0.4 is 5.32 Å². The van der Waals surface area contributed by atoms with Crippen LogP contribution in [0.5, 0.6) is 0 Å². The molecule has 0 aliphatic heterocycles. The molecule has 1 aromatic heterocycles. The van der Waals surface area contributed by atoms with Gasteiger partial charge < -0.3 is 9.88 Å². The summed E-state index contributed by atoms with van der Waals surface area (Å²) in [6.45, 7) is 2.72. The Bertz CT molecular complexity index is 491. The molecule has 0 aliphatic rings. The summed E-state index contributed by atoms with van der Waals surface area (Å²) < 4.78 is 2.04. The van der Waals surface area contributed by atoms with Gasteiger partial charge in [-0.3, -0.25) is 0 Å². The molecular weight excluding hydrogens is 222 g/mol. The molecule has 2 rings (SSSR count). The summed E-state index contributed by atoms with van der Waals surface area (Å²) in [4.78, 5) is 4.22. The van der Waals surface area contributed by atoms with Crippen molar-refractivity contribution in [2.24, 2.45) is 0 Å². The summed E-state index contributed by atoms with van der Waals surface area (Å²) in [5.74, 6) is 0.958. The highest BCUT2D eigenvalue weighted by molar-refractivity contribution is 6.31. The number of halogens is 1. The molecular formula is C12H14ClN3. The first-order valence-electron chi connectivity index (χ1n) is 5.16. The number of benzene rings is 1. The summed E-state index contributed by atoms with van der Waals surface area (Å²) >= 11 is 6.20. The lowest BCUT2D eigenvalue weighted by Gasteiger charge is -2.13. The third-order valence-electron chi connectivity index (χ3n) is 2.53. The second kappa shape index (κ2) is 4.68. The number of hydrogen-bond donors (Lipinski definition) is 1. The fourth-order valence-electron chi connectivity index (χ4n) is 1.76. The Morgan fingerprint density at radius 2 is 2.25 bits per heavy atom. The molecule has 0 atom stereocenters. The Hall–Kier alpha value is -1.32. The second-order valence-corrected chi connectivity index (χ2v) is 4.02. The van der Waals surface area contributed by atoms with Gasteiger partial charge >= 0.3 is 0 Å². The maximum atomic E-state index is 6.20. The number of imidazole rings is 1. The van der Waals surface area contributed by atoms with Crippen LogP contribution in [0.15, 0.2) is 30.6 Å². The fraction of sp³-hybridized carbons (Fsp3) is 0.250. The number of aryl methyl sites for hydroxylation is 1. The summed E-state index contributed by atoms with van der Waals surface area (Å²) in [7, 11) is 1.91. The first-order valence-corrected chi connectivity index (χ1v) is 5.54. The molecule has 4 heteroatoms. The minimum absolute atomic E-state index is 0.743. The van der Waals surface area contributed by atoms with Gasteiger partial charge in [0, 0.05) is 29.5 Å². The molecule has 1 aromatic carbocycles. The molecule has 0 radical (unpaired) electrons. The first kappa shape index (κ1) is 11.2. The van der Waals surface area contributed by atoms with E-state index in [1.54, 1.807) is 6.20 Å². The lowest BCUT2D eigenvalue weighted by atomic mass is 10.1. The molecule has 1 heterocycles. The highest BCUT2D eigenvalue weighted by Gasteiger charge is 2.09. The van der Waals surface area contributed by atoms with Crippen LogP contribution in [0.4, 0.5) is 0 Å². The van der Waals surface area contributed by atoms with Crippen molar-refractivity contribution in [3.63, 3.8) is 0 Å². The van der Waals surface area contributed by atoms with Crippen LogP contribution in [0.3, 0.4) is 0 Å². The molecule has 0 fully saturated rings. The van der Waals surface area contributed by atoms with Gasteiger partial charge in [-0.2, -0.15) is 0 Å². The van der Waals surface area contributed by atoms with E-state index in [4.69, 9.17) is 11.6 Å². The maximum absolute atomic E-state index is 6.20. The van der Waals surface area contributed by atoms with E-state index in [-0.39, 0.29) is 0 Å². The molecule has 84 valence electrons. The topological polar surface area (TPSA) is 29.9 Å². The van der Waals surface area contributed by atoms with Gasteiger partial charge in [-0.05, 0) is 26.1 Å². The van der Waals surface area contributed by atoms with Crippen LogP contribution in [-0.4, -0.2) is 16.6 Å². The second-order valence-electron chi connectivity index (χ2n) is 3.61. The van der Waals surface area contributed by atoms with Gasteiger partial charge in [-0.15, -0.1) is 0 Å². The highest BCUT2D eigenvalue weighted by Crippen LogP contribution is 2.23. The Balaban J connectivity index is 2.56. The average Bonchev–Trinajstić information content (AvgIpc) is 2.68. The van der Waals surface area contributed by atoms with E-state index < -0.39 is 0 Å². The Kier molecular flexibility index (Phi) is 3.27. The van der Waals surface area contributed by atoms with Crippen molar-refractivity contribution in [1.29, 1.82) is 0 Å².